The van der Waals surface area contributed by atoms with Crippen molar-refractivity contribution in [2.45, 2.75) is 13.8 Å². The zero-order chi connectivity index (χ0) is 22.5. The van der Waals surface area contributed by atoms with Crippen LogP contribution in [0.3, 0.4) is 0 Å². The molecule has 0 saturated heterocycles. The second-order valence-electron chi connectivity index (χ2n) is 7.31. The Kier molecular flexibility index (Phi) is 6.08. The number of aryl methyl sites for hydroxylation is 1. The molecule has 0 fully saturated rings. The highest BCUT2D eigenvalue weighted by Crippen LogP contribution is 2.33. The van der Waals surface area contributed by atoms with Crippen LogP contribution in [0.4, 0.5) is 0 Å². The van der Waals surface area contributed by atoms with E-state index in [1.807, 2.05) is 55.8 Å². The normalized spacial score (nSPS) is 12.6. The highest BCUT2D eigenvalue weighted by Gasteiger charge is 2.16. The summed E-state index contributed by atoms with van der Waals surface area (Å²) in [6.45, 7) is 11.7. The SMILES string of the molecule is C=C/C=C\C(=C/C)c1cc2c(-c3cc(/C(=C\C=C)c4cccnc4)c(C)[nH]3)n[nH]c2cn1. The Balaban J connectivity index is 1.81. The first-order chi connectivity index (χ1) is 15.7. The molecule has 0 radical (unpaired) electrons. The Labute approximate surface area is 187 Å². The average molecular weight is 420 g/mol. The Morgan fingerprint density at radius 1 is 1.12 bits per heavy atom. The summed E-state index contributed by atoms with van der Waals surface area (Å²) in [5.41, 5.74) is 8.80. The van der Waals surface area contributed by atoms with Crippen LogP contribution < -0.4 is 0 Å². The molecule has 4 aromatic heterocycles. The number of rotatable bonds is 7. The van der Waals surface area contributed by atoms with Crippen molar-refractivity contribution in [3.63, 3.8) is 0 Å². The summed E-state index contributed by atoms with van der Waals surface area (Å²) in [5, 5.41) is 8.69. The first-order valence-corrected chi connectivity index (χ1v) is 10.4. The number of pyridine rings is 2. The van der Waals surface area contributed by atoms with E-state index in [0.717, 1.165) is 56.0 Å². The van der Waals surface area contributed by atoms with Gasteiger partial charge in [-0.1, -0.05) is 55.7 Å². The van der Waals surface area contributed by atoms with E-state index in [2.05, 4.69) is 57.4 Å². The molecule has 0 saturated carbocycles. The van der Waals surface area contributed by atoms with Crippen LogP contribution >= 0.6 is 0 Å². The number of hydrogen-bond acceptors (Lipinski definition) is 3. The van der Waals surface area contributed by atoms with Crippen molar-refractivity contribution < 1.29 is 0 Å². The fourth-order valence-electron chi connectivity index (χ4n) is 3.73. The molecule has 32 heavy (non-hydrogen) atoms. The van der Waals surface area contributed by atoms with Gasteiger partial charge in [0.1, 0.15) is 5.69 Å². The van der Waals surface area contributed by atoms with E-state index in [-0.39, 0.29) is 0 Å². The lowest BCUT2D eigenvalue weighted by Crippen LogP contribution is -1.89. The molecule has 158 valence electrons. The lowest BCUT2D eigenvalue weighted by molar-refractivity contribution is 1.11. The zero-order valence-electron chi connectivity index (χ0n) is 18.3. The highest BCUT2D eigenvalue weighted by atomic mass is 15.1. The minimum absolute atomic E-state index is 0.852. The van der Waals surface area contributed by atoms with Gasteiger partial charge in [-0.05, 0) is 43.2 Å². The lowest BCUT2D eigenvalue weighted by atomic mass is 9.98. The van der Waals surface area contributed by atoms with Crippen LogP contribution in [0.2, 0.25) is 0 Å². The minimum atomic E-state index is 0.852. The molecule has 0 amide bonds. The Morgan fingerprint density at radius 3 is 2.72 bits per heavy atom. The van der Waals surface area contributed by atoms with Crippen LogP contribution in [0.25, 0.3) is 33.4 Å². The van der Waals surface area contributed by atoms with Crippen LogP contribution in [0, 0.1) is 6.92 Å². The van der Waals surface area contributed by atoms with Crippen LogP contribution in [-0.4, -0.2) is 25.1 Å². The second kappa shape index (κ2) is 9.27. The molecule has 0 bridgehead atoms. The summed E-state index contributed by atoms with van der Waals surface area (Å²) < 4.78 is 0. The summed E-state index contributed by atoms with van der Waals surface area (Å²) in [7, 11) is 0. The smallest absolute Gasteiger partial charge is 0.116 e. The number of fused-ring (bicyclic) bond motifs is 1. The van der Waals surface area contributed by atoms with Gasteiger partial charge in [-0.25, -0.2) is 0 Å². The lowest BCUT2D eigenvalue weighted by Gasteiger charge is -2.06. The summed E-state index contributed by atoms with van der Waals surface area (Å²) in [4.78, 5) is 12.4. The van der Waals surface area contributed by atoms with Crippen molar-refractivity contribution in [2.75, 3.05) is 0 Å². The van der Waals surface area contributed by atoms with Crippen molar-refractivity contribution in [1.29, 1.82) is 0 Å². The number of allylic oxidation sites excluding steroid dienone is 7. The van der Waals surface area contributed by atoms with Gasteiger partial charge in [0, 0.05) is 34.6 Å². The molecule has 0 aliphatic heterocycles. The fraction of sp³-hybridized carbons (Fsp3) is 0.0741. The molecule has 2 N–H and O–H groups in total. The summed E-state index contributed by atoms with van der Waals surface area (Å²) in [6.07, 6.45) is 17.0. The highest BCUT2D eigenvalue weighted by molar-refractivity contribution is 5.95. The van der Waals surface area contributed by atoms with Gasteiger partial charge in [-0.2, -0.15) is 5.10 Å². The van der Waals surface area contributed by atoms with Crippen LogP contribution in [0.15, 0.2) is 92.5 Å². The monoisotopic (exact) mass is 419 g/mol. The van der Waals surface area contributed by atoms with Gasteiger partial charge in [0.2, 0.25) is 0 Å². The van der Waals surface area contributed by atoms with E-state index in [1.54, 1.807) is 18.3 Å². The molecule has 5 nitrogen and oxygen atoms in total. The van der Waals surface area contributed by atoms with Crippen molar-refractivity contribution in [2.24, 2.45) is 0 Å². The molecule has 0 aliphatic rings. The molecular weight excluding hydrogens is 394 g/mol. The largest absolute Gasteiger partial charge is 0.357 e. The maximum Gasteiger partial charge on any atom is 0.116 e. The topological polar surface area (TPSA) is 70.2 Å². The van der Waals surface area contributed by atoms with Gasteiger partial charge in [0.05, 0.1) is 23.1 Å². The summed E-state index contributed by atoms with van der Waals surface area (Å²) >= 11 is 0. The van der Waals surface area contributed by atoms with Crippen molar-refractivity contribution in [3.05, 3.63) is 115 Å². The van der Waals surface area contributed by atoms with Gasteiger partial charge in [0.15, 0.2) is 0 Å². The quantitative estimate of drug-likeness (QED) is 0.340. The predicted octanol–water partition coefficient (Wildman–Crippen LogP) is 6.42. The minimum Gasteiger partial charge on any atom is -0.357 e. The van der Waals surface area contributed by atoms with Crippen molar-refractivity contribution >= 4 is 22.0 Å². The Bertz CT molecular complexity index is 1360. The van der Waals surface area contributed by atoms with Gasteiger partial charge < -0.3 is 4.98 Å². The van der Waals surface area contributed by atoms with E-state index in [4.69, 9.17) is 0 Å². The second-order valence-corrected chi connectivity index (χ2v) is 7.31. The Morgan fingerprint density at radius 2 is 2.00 bits per heavy atom. The molecule has 5 heteroatoms. The third kappa shape index (κ3) is 4.01. The maximum atomic E-state index is 4.59. The number of aromatic amines is 2. The van der Waals surface area contributed by atoms with E-state index in [0.29, 0.717) is 0 Å². The third-order valence-electron chi connectivity index (χ3n) is 5.28. The van der Waals surface area contributed by atoms with Gasteiger partial charge >= 0.3 is 0 Å². The summed E-state index contributed by atoms with van der Waals surface area (Å²) in [5.74, 6) is 0. The number of nitrogens with zero attached hydrogens (tertiary/aromatic N) is 3. The molecule has 0 atom stereocenters. The van der Waals surface area contributed by atoms with Gasteiger partial charge in [-0.15, -0.1) is 0 Å². The van der Waals surface area contributed by atoms with E-state index < -0.39 is 0 Å². The molecule has 0 aromatic carbocycles. The van der Waals surface area contributed by atoms with Crippen LogP contribution in [0.5, 0.6) is 0 Å². The molecule has 0 aliphatic carbocycles. The van der Waals surface area contributed by atoms with Gasteiger partial charge in [-0.3, -0.25) is 15.1 Å². The fourth-order valence-corrected chi connectivity index (χ4v) is 3.73. The molecular formula is C27H25N5. The Hall–Kier alpha value is -4.25. The molecule has 0 spiro atoms. The van der Waals surface area contributed by atoms with E-state index in [1.165, 1.54) is 0 Å². The molecule has 4 heterocycles. The predicted molar refractivity (Wildman–Crippen MR) is 133 cm³/mol. The first kappa shape index (κ1) is 21.0. The average Bonchev–Trinajstić information content (AvgIpc) is 3.41. The van der Waals surface area contributed by atoms with Crippen molar-refractivity contribution in [3.8, 4) is 11.4 Å². The third-order valence-corrected chi connectivity index (χ3v) is 5.28. The first-order valence-electron chi connectivity index (χ1n) is 10.4. The number of H-pyrrole nitrogens is 2. The van der Waals surface area contributed by atoms with Crippen molar-refractivity contribution in [1.82, 2.24) is 25.1 Å². The molecule has 4 aromatic rings. The molecule has 4 rings (SSSR count). The summed E-state index contributed by atoms with van der Waals surface area (Å²) in [6, 6.07) is 8.17. The number of nitrogens with one attached hydrogen (secondary N) is 2. The van der Waals surface area contributed by atoms with Crippen LogP contribution in [-0.2, 0) is 0 Å². The van der Waals surface area contributed by atoms with Crippen LogP contribution in [0.1, 0.15) is 29.4 Å². The molecule has 0 unspecified atom stereocenters. The van der Waals surface area contributed by atoms with Gasteiger partial charge in [0.25, 0.3) is 0 Å². The van der Waals surface area contributed by atoms with E-state index >= 15 is 0 Å². The number of hydrogen-bond donors (Lipinski definition) is 2. The number of aromatic nitrogens is 5. The standard InChI is InChI=1S/C27H25N5/c1-5-8-11-19(7-3)24-15-23-26(17-29-24)31-32-27(23)25-14-22(18(4)30-25)21(10-6-2)20-12-9-13-28-16-20/h5-17,30H,1-2H2,3-4H3,(H,31,32)/b11-8-,19-7+,21-10-. The van der Waals surface area contributed by atoms with E-state index in [9.17, 15) is 0 Å². The zero-order valence-corrected chi connectivity index (χ0v) is 18.3. The maximum absolute atomic E-state index is 4.59.